The van der Waals surface area contributed by atoms with Crippen molar-refractivity contribution in [2.75, 3.05) is 6.54 Å². The summed E-state index contributed by atoms with van der Waals surface area (Å²) >= 11 is 1.38. The maximum atomic E-state index is 12.6. The van der Waals surface area contributed by atoms with Crippen molar-refractivity contribution in [1.82, 2.24) is 5.32 Å². The quantitative estimate of drug-likeness (QED) is 0.693. The van der Waals surface area contributed by atoms with Crippen molar-refractivity contribution in [1.29, 1.82) is 0 Å². The van der Waals surface area contributed by atoms with Crippen molar-refractivity contribution >= 4 is 23.0 Å². The van der Waals surface area contributed by atoms with Gasteiger partial charge in [-0.2, -0.15) is 0 Å². The Kier molecular flexibility index (Phi) is 5.18. The lowest BCUT2D eigenvalue weighted by Gasteiger charge is -2.09. The molecule has 3 rings (SSSR count). The molecule has 0 spiro atoms. The molecule has 0 aliphatic heterocycles. The zero-order valence-corrected chi connectivity index (χ0v) is 13.9. The summed E-state index contributed by atoms with van der Waals surface area (Å²) in [5.74, 6) is -0.328. The Labute approximate surface area is 145 Å². The zero-order valence-electron chi connectivity index (χ0n) is 13.1. The molecule has 1 amide bonds. The fourth-order valence-corrected chi connectivity index (χ4v) is 3.16. The molecule has 24 heavy (non-hydrogen) atoms. The molecule has 0 radical (unpaired) electrons. The highest BCUT2D eigenvalue weighted by atomic mass is 32.1. The molecular weight excluding hydrogens is 318 g/mol. The lowest BCUT2D eigenvalue weighted by Crippen LogP contribution is -2.27. The number of amides is 1. The molecule has 1 aromatic heterocycles. The van der Waals surface area contributed by atoms with Gasteiger partial charge in [0.1, 0.15) is 0 Å². The lowest BCUT2D eigenvalue weighted by molar-refractivity contribution is 0.0943. The predicted octanol–water partition coefficient (Wildman–Crippen LogP) is 3.95. The molecule has 0 atom stereocenters. The van der Waals surface area contributed by atoms with Gasteiger partial charge in [-0.3, -0.25) is 9.59 Å². The first kappa shape index (κ1) is 16.1. The molecule has 0 unspecified atom stereocenters. The van der Waals surface area contributed by atoms with E-state index in [9.17, 15) is 9.59 Å². The number of rotatable bonds is 6. The summed E-state index contributed by atoms with van der Waals surface area (Å²) in [4.78, 5) is 25.7. The lowest BCUT2D eigenvalue weighted by atomic mass is 10.0. The summed E-state index contributed by atoms with van der Waals surface area (Å²) in [5.41, 5.74) is 2.03. The van der Waals surface area contributed by atoms with Crippen LogP contribution in [0.15, 0.2) is 72.1 Å². The van der Waals surface area contributed by atoms with Crippen molar-refractivity contribution in [3.63, 3.8) is 0 Å². The Bertz CT molecular complexity index is 826. The van der Waals surface area contributed by atoms with Crippen LogP contribution >= 0.6 is 11.3 Å². The van der Waals surface area contributed by atoms with E-state index in [4.69, 9.17) is 0 Å². The van der Waals surface area contributed by atoms with Crippen molar-refractivity contribution < 1.29 is 9.59 Å². The van der Waals surface area contributed by atoms with E-state index in [1.54, 1.807) is 30.3 Å². The predicted molar refractivity (Wildman–Crippen MR) is 96.7 cm³/mol. The summed E-state index contributed by atoms with van der Waals surface area (Å²) in [6.07, 6.45) is 0.758. The van der Waals surface area contributed by atoms with Crippen LogP contribution in [-0.4, -0.2) is 18.2 Å². The molecule has 1 N–H and O–H groups in total. The maximum absolute atomic E-state index is 12.6. The minimum Gasteiger partial charge on any atom is -0.352 e. The highest BCUT2D eigenvalue weighted by molar-refractivity contribution is 7.12. The second kappa shape index (κ2) is 7.70. The third-order valence-corrected chi connectivity index (χ3v) is 4.57. The Morgan fingerprint density at radius 3 is 2.25 bits per heavy atom. The Balaban J connectivity index is 1.70. The third-order valence-electron chi connectivity index (χ3n) is 3.70. The van der Waals surface area contributed by atoms with Gasteiger partial charge in [0.25, 0.3) is 5.91 Å². The second-order valence-corrected chi connectivity index (χ2v) is 6.29. The third kappa shape index (κ3) is 3.78. The van der Waals surface area contributed by atoms with Crippen molar-refractivity contribution in [2.45, 2.75) is 6.42 Å². The molecule has 3 nitrogen and oxygen atoms in total. The largest absolute Gasteiger partial charge is 0.352 e. The van der Waals surface area contributed by atoms with Crippen LogP contribution in [-0.2, 0) is 6.42 Å². The van der Waals surface area contributed by atoms with E-state index in [1.807, 2.05) is 41.8 Å². The monoisotopic (exact) mass is 335 g/mol. The van der Waals surface area contributed by atoms with Gasteiger partial charge in [0.2, 0.25) is 5.78 Å². The number of hydrogen-bond donors (Lipinski definition) is 1. The van der Waals surface area contributed by atoms with Gasteiger partial charge in [-0.05, 0) is 29.5 Å². The summed E-state index contributed by atoms with van der Waals surface area (Å²) in [5, 5.41) is 4.76. The number of benzene rings is 2. The first-order valence-corrected chi connectivity index (χ1v) is 8.63. The van der Waals surface area contributed by atoms with E-state index >= 15 is 0 Å². The van der Waals surface area contributed by atoms with Crippen molar-refractivity contribution in [2.24, 2.45) is 0 Å². The van der Waals surface area contributed by atoms with Crippen LogP contribution in [0.2, 0.25) is 0 Å². The molecule has 0 aliphatic rings. The van der Waals surface area contributed by atoms with Crippen LogP contribution in [0.1, 0.15) is 31.2 Å². The number of carbonyl (C=O) groups excluding carboxylic acids is 2. The number of ketones is 1. The Hall–Kier alpha value is -2.72. The minimum atomic E-state index is -0.216. The highest BCUT2D eigenvalue weighted by Crippen LogP contribution is 2.18. The molecular formula is C20H17NO2S. The Morgan fingerprint density at radius 1 is 0.833 bits per heavy atom. The standard InChI is InChI=1S/C20H17NO2S/c22-19(18-11-6-14-24-18)16-9-4-5-10-17(16)20(23)21-13-12-15-7-2-1-3-8-15/h1-11,14H,12-13H2,(H,21,23). The van der Waals surface area contributed by atoms with Crippen LogP contribution in [0.5, 0.6) is 0 Å². The molecule has 4 heteroatoms. The first-order valence-electron chi connectivity index (χ1n) is 7.75. The average molecular weight is 335 g/mol. The molecule has 0 bridgehead atoms. The number of nitrogens with one attached hydrogen (secondary N) is 1. The van der Waals surface area contributed by atoms with Gasteiger partial charge in [-0.25, -0.2) is 0 Å². The second-order valence-electron chi connectivity index (χ2n) is 5.34. The first-order chi connectivity index (χ1) is 11.8. The fourth-order valence-electron chi connectivity index (χ4n) is 2.48. The normalized spacial score (nSPS) is 10.3. The van der Waals surface area contributed by atoms with Crippen LogP contribution in [0.3, 0.4) is 0 Å². The molecule has 3 aromatic rings. The summed E-state index contributed by atoms with van der Waals surface area (Å²) < 4.78 is 0. The molecule has 1 heterocycles. The minimum absolute atomic E-state index is 0.112. The van der Waals surface area contributed by atoms with Crippen molar-refractivity contribution in [3.05, 3.63) is 93.7 Å². The maximum Gasteiger partial charge on any atom is 0.252 e. The van der Waals surface area contributed by atoms with Crippen LogP contribution in [0.4, 0.5) is 0 Å². The zero-order chi connectivity index (χ0) is 16.8. The van der Waals surface area contributed by atoms with Gasteiger partial charge in [-0.1, -0.05) is 54.6 Å². The van der Waals surface area contributed by atoms with E-state index in [1.165, 1.54) is 16.9 Å². The van der Waals surface area contributed by atoms with Crippen LogP contribution < -0.4 is 5.32 Å². The highest BCUT2D eigenvalue weighted by Gasteiger charge is 2.18. The molecule has 2 aromatic carbocycles. The van der Waals surface area contributed by atoms with E-state index in [2.05, 4.69) is 5.32 Å². The number of carbonyl (C=O) groups is 2. The topological polar surface area (TPSA) is 46.2 Å². The van der Waals surface area contributed by atoms with Crippen molar-refractivity contribution in [3.8, 4) is 0 Å². The van der Waals surface area contributed by atoms with E-state index < -0.39 is 0 Å². The van der Waals surface area contributed by atoms with E-state index in [0.29, 0.717) is 22.5 Å². The molecule has 0 fully saturated rings. The van der Waals surface area contributed by atoms with E-state index in [-0.39, 0.29) is 11.7 Å². The number of hydrogen-bond acceptors (Lipinski definition) is 3. The SMILES string of the molecule is O=C(NCCc1ccccc1)c1ccccc1C(=O)c1cccs1. The smallest absolute Gasteiger partial charge is 0.252 e. The molecule has 0 saturated heterocycles. The van der Waals surface area contributed by atoms with E-state index in [0.717, 1.165) is 6.42 Å². The molecule has 0 saturated carbocycles. The van der Waals surface area contributed by atoms with Crippen LogP contribution in [0, 0.1) is 0 Å². The summed E-state index contributed by atoms with van der Waals surface area (Å²) in [6, 6.07) is 20.5. The molecule has 120 valence electrons. The van der Waals surface area contributed by atoms with Gasteiger partial charge in [0.05, 0.1) is 10.4 Å². The van der Waals surface area contributed by atoms with Crippen LogP contribution in [0.25, 0.3) is 0 Å². The van der Waals surface area contributed by atoms with Gasteiger partial charge in [-0.15, -0.1) is 11.3 Å². The average Bonchev–Trinajstić information content (AvgIpc) is 3.16. The fraction of sp³-hybridized carbons (Fsp3) is 0.100. The van der Waals surface area contributed by atoms with Gasteiger partial charge < -0.3 is 5.32 Å². The van der Waals surface area contributed by atoms with Gasteiger partial charge >= 0.3 is 0 Å². The number of thiophene rings is 1. The summed E-state index contributed by atoms with van der Waals surface area (Å²) in [7, 11) is 0. The van der Waals surface area contributed by atoms with Gasteiger partial charge in [0, 0.05) is 12.1 Å². The summed E-state index contributed by atoms with van der Waals surface area (Å²) in [6.45, 7) is 0.532. The Morgan fingerprint density at radius 2 is 1.54 bits per heavy atom. The molecule has 0 aliphatic carbocycles. The van der Waals surface area contributed by atoms with Gasteiger partial charge in [0.15, 0.2) is 0 Å².